The minimum absolute atomic E-state index is 0.0383. The Morgan fingerprint density at radius 1 is 1.06 bits per heavy atom. The molecular formula is C23H37N3O6S. The van der Waals surface area contributed by atoms with Crippen molar-refractivity contribution < 1.29 is 27.5 Å². The van der Waals surface area contributed by atoms with Gasteiger partial charge < -0.3 is 15.4 Å². The molecule has 33 heavy (non-hydrogen) atoms. The standard InChI is InChI=1S/C23H37N3O6S/c1-6-26(7-2)33(30,31)19-13-11-12-18(16-19)22(28)25-21(17(3)4)23(29)24-15-10-8-9-14-20(27)32-5/h11-13,16-17,21H,6-10,14-15H2,1-5H3,(H,24,29)(H,25,28)/t21-/m0/s1. The molecule has 0 saturated heterocycles. The van der Waals surface area contributed by atoms with E-state index in [1.807, 2.05) is 13.8 Å². The molecule has 0 aliphatic heterocycles. The van der Waals surface area contributed by atoms with Crippen LogP contribution in [0.1, 0.15) is 63.7 Å². The van der Waals surface area contributed by atoms with Crippen molar-refractivity contribution in [3.63, 3.8) is 0 Å². The van der Waals surface area contributed by atoms with Gasteiger partial charge >= 0.3 is 5.97 Å². The number of nitrogens with one attached hydrogen (secondary N) is 2. The summed E-state index contributed by atoms with van der Waals surface area (Å²) in [5.41, 5.74) is 0.171. The third kappa shape index (κ3) is 8.77. The van der Waals surface area contributed by atoms with Crippen molar-refractivity contribution >= 4 is 27.8 Å². The number of carbonyl (C=O) groups excluding carboxylic acids is 3. The van der Waals surface area contributed by atoms with Gasteiger partial charge in [0, 0.05) is 31.6 Å². The highest BCUT2D eigenvalue weighted by Crippen LogP contribution is 2.17. The maximum Gasteiger partial charge on any atom is 0.305 e. The molecule has 0 spiro atoms. The smallest absolute Gasteiger partial charge is 0.305 e. The Balaban J connectivity index is 2.76. The van der Waals surface area contributed by atoms with Gasteiger partial charge in [-0.2, -0.15) is 4.31 Å². The highest BCUT2D eigenvalue weighted by atomic mass is 32.2. The Morgan fingerprint density at radius 2 is 1.73 bits per heavy atom. The zero-order valence-corrected chi connectivity index (χ0v) is 21.0. The summed E-state index contributed by atoms with van der Waals surface area (Å²) in [6.07, 6.45) is 2.49. The molecule has 0 heterocycles. The van der Waals surface area contributed by atoms with Gasteiger partial charge in [-0.25, -0.2) is 8.42 Å². The molecule has 1 aromatic rings. The van der Waals surface area contributed by atoms with Crippen LogP contribution >= 0.6 is 0 Å². The van der Waals surface area contributed by atoms with Crippen molar-refractivity contribution in [3.8, 4) is 0 Å². The van der Waals surface area contributed by atoms with E-state index in [2.05, 4.69) is 15.4 Å². The van der Waals surface area contributed by atoms with Crippen molar-refractivity contribution in [1.29, 1.82) is 0 Å². The van der Waals surface area contributed by atoms with Gasteiger partial charge in [0.15, 0.2) is 0 Å². The third-order valence-electron chi connectivity index (χ3n) is 5.26. The van der Waals surface area contributed by atoms with Crippen LogP contribution in [0.3, 0.4) is 0 Å². The molecule has 186 valence electrons. The summed E-state index contributed by atoms with van der Waals surface area (Å²) in [7, 11) is -2.35. The van der Waals surface area contributed by atoms with Crippen molar-refractivity contribution in [2.24, 2.45) is 5.92 Å². The van der Waals surface area contributed by atoms with E-state index in [9.17, 15) is 22.8 Å². The number of rotatable bonds is 14. The minimum atomic E-state index is -3.70. The summed E-state index contributed by atoms with van der Waals surface area (Å²) in [6, 6.07) is 5.06. The van der Waals surface area contributed by atoms with E-state index in [0.29, 0.717) is 38.9 Å². The molecule has 0 fully saturated rings. The Hall–Kier alpha value is -2.46. The van der Waals surface area contributed by atoms with Gasteiger partial charge in [-0.1, -0.05) is 40.2 Å². The summed E-state index contributed by atoms with van der Waals surface area (Å²) in [6.45, 7) is 8.23. The summed E-state index contributed by atoms with van der Waals surface area (Å²) in [4.78, 5) is 36.6. The molecule has 0 unspecified atom stereocenters. The van der Waals surface area contributed by atoms with Crippen molar-refractivity contribution in [1.82, 2.24) is 14.9 Å². The number of hydrogen-bond acceptors (Lipinski definition) is 6. The van der Waals surface area contributed by atoms with Crippen LogP contribution in [-0.2, 0) is 24.3 Å². The molecule has 1 rings (SSSR count). The maximum absolute atomic E-state index is 12.8. The van der Waals surface area contributed by atoms with Gasteiger partial charge in [0.05, 0.1) is 12.0 Å². The number of amides is 2. The minimum Gasteiger partial charge on any atom is -0.469 e. The second-order valence-electron chi connectivity index (χ2n) is 7.99. The first-order valence-electron chi connectivity index (χ1n) is 11.3. The molecule has 0 radical (unpaired) electrons. The van der Waals surface area contributed by atoms with Gasteiger partial charge in [0.25, 0.3) is 5.91 Å². The fraction of sp³-hybridized carbons (Fsp3) is 0.609. The van der Waals surface area contributed by atoms with E-state index in [1.165, 1.54) is 35.7 Å². The van der Waals surface area contributed by atoms with Gasteiger partial charge in [0.1, 0.15) is 6.04 Å². The van der Waals surface area contributed by atoms with Crippen molar-refractivity contribution in [3.05, 3.63) is 29.8 Å². The monoisotopic (exact) mass is 483 g/mol. The number of methoxy groups -OCH3 is 1. The van der Waals surface area contributed by atoms with Gasteiger partial charge in [-0.15, -0.1) is 0 Å². The lowest BCUT2D eigenvalue weighted by Gasteiger charge is -2.22. The number of esters is 1. The van der Waals surface area contributed by atoms with Crippen molar-refractivity contribution in [2.75, 3.05) is 26.7 Å². The zero-order valence-electron chi connectivity index (χ0n) is 20.2. The summed E-state index contributed by atoms with van der Waals surface area (Å²) >= 11 is 0. The van der Waals surface area contributed by atoms with Crippen LogP contribution in [0, 0.1) is 5.92 Å². The van der Waals surface area contributed by atoms with Crippen LogP contribution < -0.4 is 10.6 Å². The number of hydrogen-bond donors (Lipinski definition) is 2. The Morgan fingerprint density at radius 3 is 2.30 bits per heavy atom. The average molecular weight is 484 g/mol. The summed E-state index contributed by atoms with van der Waals surface area (Å²) < 4.78 is 31.4. The lowest BCUT2D eigenvalue weighted by atomic mass is 10.0. The fourth-order valence-electron chi connectivity index (χ4n) is 3.26. The average Bonchev–Trinajstić information content (AvgIpc) is 2.79. The van der Waals surface area contributed by atoms with E-state index >= 15 is 0 Å². The first kappa shape index (κ1) is 28.6. The van der Waals surface area contributed by atoms with Crippen LogP contribution in [0.4, 0.5) is 0 Å². The number of nitrogens with zero attached hydrogens (tertiary/aromatic N) is 1. The molecular weight excluding hydrogens is 446 g/mol. The number of sulfonamides is 1. The highest BCUT2D eigenvalue weighted by molar-refractivity contribution is 7.89. The quantitative estimate of drug-likeness (QED) is 0.309. The summed E-state index contributed by atoms with van der Waals surface area (Å²) in [5.74, 6) is -1.25. The van der Waals surface area contributed by atoms with Crippen LogP contribution in [0.15, 0.2) is 29.2 Å². The normalized spacial score (nSPS) is 12.5. The second kappa shape index (κ2) is 13.9. The van der Waals surface area contributed by atoms with E-state index in [0.717, 1.165) is 6.42 Å². The molecule has 1 aromatic carbocycles. The lowest BCUT2D eigenvalue weighted by molar-refractivity contribution is -0.140. The molecule has 0 saturated carbocycles. The van der Waals surface area contributed by atoms with Crippen LogP contribution in [0.5, 0.6) is 0 Å². The molecule has 2 amide bonds. The van der Waals surface area contributed by atoms with Gasteiger partial charge in [-0.3, -0.25) is 14.4 Å². The van der Waals surface area contributed by atoms with E-state index in [-0.39, 0.29) is 28.3 Å². The molecule has 2 N–H and O–H groups in total. The predicted octanol–water partition coefficient (Wildman–Crippen LogP) is 2.32. The number of carbonyl (C=O) groups is 3. The molecule has 9 nitrogen and oxygen atoms in total. The molecule has 10 heteroatoms. The first-order valence-corrected chi connectivity index (χ1v) is 12.8. The van der Waals surface area contributed by atoms with Gasteiger partial charge in [0.2, 0.25) is 15.9 Å². The van der Waals surface area contributed by atoms with Crippen LogP contribution in [-0.4, -0.2) is 63.3 Å². The Labute approximate surface area is 197 Å². The summed E-state index contributed by atoms with van der Waals surface area (Å²) in [5, 5.41) is 5.54. The predicted molar refractivity (Wildman–Crippen MR) is 126 cm³/mol. The zero-order chi connectivity index (χ0) is 25.0. The molecule has 1 atom stereocenters. The number of ether oxygens (including phenoxy) is 1. The number of benzene rings is 1. The van der Waals surface area contributed by atoms with Crippen LogP contribution in [0.2, 0.25) is 0 Å². The third-order valence-corrected chi connectivity index (χ3v) is 7.31. The van der Waals surface area contributed by atoms with E-state index < -0.39 is 22.0 Å². The highest BCUT2D eigenvalue weighted by Gasteiger charge is 2.26. The molecule has 0 aromatic heterocycles. The fourth-order valence-corrected chi connectivity index (χ4v) is 4.77. The maximum atomic E-state index is 12.8. The first-order chi connectivity index (χ1) is 15.6. The molecule has 0 bridgehead atoms. The molecule has 0 aliphatic rings. The van der Waals surface area contributed by atoms with Crippen LogP contribution in [0.25, 0.3) is 0 Å². The lowest BCUT2D eigenvalue weighted by Crippen LogP contribution is -2.49. The molecule has 0 aliphatic carbocycles. The topological polar surface area (TPSA) is 122 Å². The van der Waals surface area contributed by atoms with Crippen molar-refractivity contribution in [2.45, 2.75) is 64.3 Å². The Bertz CT molecular complexity index is 897. The van der Waals surface area contributed by atoms with Gasteiger partial charge in [-0.05, 0) is 37.0 Å². The van der Waals surface area contributed by atoms with E-state index in [4.69, 9.17) is 0 Å². The largest absolute Gasteiger partial charge is 0.469 e. The van der Waals surface area contributed by atoms with E-state index in [1.54, 1.807) is 13.8 Å². The number of unbranched alkanes of at least 4 members (excludes halogenated alkanes) is 2. The Kier molecular flexibility index (Phi) is 12.1. The second-order valence-corrected chi connectivity index (χ2v) is 9.93. The SMILES string of the molecule is CCN(CC)S(=O)(=O)c1cccc(C(=O)N[C@H](C(=O)NCCCCCC(=O)OC)C(C)C)c1.